The Morgan fingerprint density at radius 1 is 1.65 bits per heavy atom. The first-order valence-electron chi connectivity index (χ1n) is 5.31. The number of nitrogens with zero attached hydrogens (tertiary/aromatic N) is 2. The van der Waals surface area contributed by atoms with Crippen molar-refractivity contribution >= 4 is 17.3 Å². The summed E-state index contributed by atoms with van der Waals surface area (Å²) < 4.78 is 5.30. The molecule has 0 radical (unpaired) electrons. The van der Waals surface area contributed by atoms with Gasteiger partial charge < -0.3 is 15.8 Å². The number of hydrogen-bond donors (Lipinski definition) is 2. The fraction of sp³-hybridized carbons (Fsp3) is 0.500. The molecule has 0 spiro atoms. The van der Waals surface area contributed by atoms with Crippen LogP contribution < -0.4 is 11.1 Å². The normalized spacial score (nSPS) is 12.1. The Hall–Kier alpha value is -1.89. The van der Waals surface area contributed by atoms with Crippen molar-refractivity contribution in [1.29, 1.82) is 0 Å². The summed E-state index contributed by atoms with van der Waals surface area (Å²) in [6, 6.07) is 2.73. The SMILES string of the molecule is CCOC(C)CNc1nc(N)ccc1[N+](=O)[O-]. The Bertz CT molecular complexity index is 397. The van der Waals surface area contributed by atoms with Crippen LogP contribution in [0.1, 0.15) is 13.8 Å². The molecular formula is C10H16N4O3. The Balaban J connectivity index is 2.75. The van der Waals surface area contributed by atoms with E-state index in [1.807, 2.05) is 13.8 Å². The maximum absolute atomic E-state index is 10.8. The molecule has 7 nitrogen and oxygen atoms in total. The first-order valence-corrected chi connectivity index (χ1v) is 5.31. The van der Waals surface area contributed by atoms with E-state index in [0.29, 0.717) is 13.2 Å². The third kappa shape index (κ3) is 3.87. The van der Waals surface area contributed by atoms with E-state index < -0.39 is 4.92 Å². The minimum absolute atomic E-state index is 0.0529. The number of nitrogen functional groups attached to an aromatic ring is 1. The first kappa shape index (κ1) is 13.2. The van der Waals surface area contributed by atoms with Crippen LogP contribution in [0.4, 0.5) is 17.3 Å². The van der Waals surface area contributed by atoms with Gasteiger partial charge in [0.15, 0.2) is 0 Å². The second-order valence-electron chi connectivity index (χ2n) is 3.51. The zero-order valence-corrected chi connectivity index (χ0v) is 9.84. The highest BCUT2D eigenvalue weighted by Gasteiger charge is 2.15. The van der Waals surface area contributed by atoms with Crippen LogP contribution in [-0.4, -0.2) is 29.2 Å². The number of rotatable bonds is 6. The molecule has 0 aromatic carbocycles. The van der Waals surface area contributed by atoms with Crippen LogP contribution in [0.25, 0.3) is 0 Å². The quantitative estimate of drug-likeness (QED) is 0.575. The van der Waals surface area contributed by atoms with Crippen LogP contribution in [0.3, 0.4) is 0 Å². The van der Waals surface area contributed by atoms with Gasteiger partial charge in [-0.15, -0.1) is 0 Å². The van der Waals surface area contributed by atoms with Crippen molar-refractivity contribution in [2.24, 2.45) is 0 Å². The standard InChI is InChI=1S/C10H16N4O3/c1-3-17-7(2)6-12-10-8(14(15)16)4-5-9(11)13-10/h4-5,7H,3,6H2,1-2H3,(H3,11,12,13). The minimum atomic E-state index is -0.500. The molecule has 0 amide bonds. The van der Waals surface area contributed by atoms with Gasteiger partial charge in [-0.2, -0.15) is 0 Å². The number of nitrogens with one attached hydrogen (secondary N) is 1. The molecule has 1 rings (SSSR count). The van der Waals surface area contributed by atoms with E-state index in [4.69, 9.17) is 10.5 Å². The summed E-state index contributed by atoms with van der Waals surface area (Å²) >= 11 is 0. The molecule has 0 saturated carbocycles. The molecule has 1 aromatic rings. The van der Waals surface area contributed by atoms with Gasteiger partial charge in [-0.1, -0.05) is 0 Å². The molecule has 0 aliphatic heterocycles. The van der Waals surface area contributed by atoms with Crippen LogP contribution in [-0.2, 0) is 4.74 Å². The molecule has 94 valence electrons. The van der Waals surface area contributed by atoms with E-state index in [2.05, 4.69) is 10.3 Å². The van der Waals surface area contributed by atoms with Crippen molar-refractivity contribution in [2.45, 2.75) is 20.0 Å². The number of anilines is 2. The average Bonchev–Trinajstić information content (AvgIpc) is 2.26. The summed E-state index contributed by atoms with van der Waals surface area (Å²) in [5, 5.41) is 13.6. The number of hydrogen-bond acceptors (Lipinski definition) is 6. The molecule has 0 bridgehead atoms. The van der Waals surface area contributed by atoms with Crippen LogP contribution >= 0.6 is 0 Å². The number of ether oxygens (including phenoxy) is 1. The minimum Gasteiger partial charge on any atom is -0.384 e. The van der Waals surface area contributed by atoms with Gasteiger partial charge in [0.25, 0.3) is 0 Å². The second kappa shape index (κ2) is 6.00. The lowest BCUT2D eigenvalue weighted by Gasteiger charge is -2.13. The highest BCUT2D eigenvalue weighted by molar-refractivity contribution is 5.59. The predicted molar refractivity (Wildman–Crippen MR) is 64.9 cm³/mol. The van der Waals surface area contributed by atoms with Crippen LogP contribution in [0.2, 0.25) is 0 Å². The molecule has 0 aliphatic carbocycles. The smallest absolute Gasteiger partial charge is 0.311 e. The van der Waals surface area contributed by atoms with Gasteiger partial charge in [0.1, 0.15) is 5.82 Å². The van der Waals surface area contributed by atoms with E-state index >= 15 is 0 Å². The largest absolute Gasteiger partial charge is 0.384 e. The molecule has 1 aromatic heterocycles. The Morgan fingerprint density at radius 3 is 2.94 bits per heavy atom. The molecule has 17 heavy (non-hydrogen) atoms. The number of aromatic nitrogens is 1. The molecule has 1 heterocycles. The molecule has 3 N–H and O–H groups in total. The number of pyridine rings is 1. The summed E-state index contributed by atoms with van der Waals surface area (Å²) in [4.78, 5) is 14.2. The van der Waals surface area contributed by atoms with Gasteiger partial charge in [-0.25, -0.2) is 4.98 Å². The topological polar surface area (TPSA) is 103 Å². The highest BCUT2D eigenvalue weighted by Crippen LogP contribution is 2.22. The fourth-order valence-electron chi connectivity index (χ4n) is 1.33. The van der Waals surface area contributed by atoms with E-state index in [1.165, 1.54) is 12.1 Å². The lowest BCUT2D eigenvalue weighted by Crippen LogP contribution is -2.20. The van der Waals surface area contributed by atoms with Gasteiger partial charge in [0, 0.05) is 19.2 Å². The fourth-order valence-corrected chi connectivity index (χ4v) is 1.33. The third-order valence-corrected chi connectivity index (χ3v) is 2.10. The molecule has 1 atom stereocenters. The monoisotopic (exact) mass is 240 g/mol. The Labute approximate surface area is 99.1 Å². The first-order chi connectivity index (χ1) is 8.04. The number of nitro groups is 1. The summed E-state index contributed by atoms with van der Waals surface area (Å²) in [6.07, 6.45) is -0.0529. The number of nitrogens with two attached hydrogens (primary N) is 1. The van der Waals surface area contributed by atoms with Gasteiger partial charge in [0.2, 0.25) is 5.82 Å². The zero-order valence-electron chi connectivity index (χ0n) is 9.84. The molecule has 0 saturated heterocycles. The summed E-state index contributed by atoms with van der Waals surface area (Å²) in [7, 11) is 0. The average molecular weight is 240 g/mol. The maximum Gasteiger partial charge on any atom is 0.311 e. The second-order valence-corrected chi connectivity index (χ2v) is 3.51. The summed E-state index contributed by atoms with van der Waals surface area (Å²) in [5.74, 6) is 0.406. The van der Waals surface area contributed by atoms with Crippen molar-refractivity contribution in [3.05, 3.63) is 22.2 Å². The molecule has 0 fully saturated rings. The van der Waals surface area contributed by atoms with Crippen molar-refractivity contribution in [1.82, 2.24) is 4.98 Å². The van der Waals surface area contributed by atoms with E-state index in [9.17, 15) is 10.1 Å². The van der Waals surface area contributed by atoms with Crippen molar-refractivity contribution in [2.75, 3.05) is 24.2 Å². The van der Waals surface area contributed by atoms with Crippen molar-refractivity contribution in [3.8, 4) is 0 Å². The van der Waals surface area contributed by atoms with Gasteiger partial charge in [-0.05, 0) is 19.9 Å². The molecule has 0 aliphatic rings. The van der Waals surface area contributed by atoms with Crippen molar-refractivity contribution < 1.29 is 9.66 Å². The van der Waals surface area contributed by atoms with Gasteiger partial charge in [-0.3, -0.25) is 10.1 Å². The van der Waals surface area contributed by atoms with E-state index in [0.717, 1.165) is 0 Å². The van der Waals surface area contributed by atoms with Crippen LogP contribution in [0, 0.1) is 10.1 Å². The van der Waals surface area contributed by atoms with E-state index in [-0.39, 0.29) is 23.4 Å². The lowest BCUT2D eigenvalue weighted by molar-refractivity contribution is -0.384. The molecule has 7 heteroatoms. The third-order valence-electron chi connectivity index (χ3n) is 2.10. The Morgan fingerprint density at radius 2 is 2.35 bits per heavy atom. The highest BCUT2D eigenvalue weighted by atomic mass is 16.6. The zero-order chi connectivity index (χ0) is 12.8. The molecule has 1 unspecified atom stereocenters. The summed E-state index contributed by atoms with van der Waals surface area (Å²) in [5.41, 5.74) is 5.39. The predicted octanol–water partition coefficient (Wildman–Crippen LogP) is 1.41. The van der Waals surface area contributed by atoms with Gasteiger partial charge in [0.05, 0.1) is 11.0 Å². The maximum atomic E-state index is 10.8. The molecular weight excluding hydrogens is 224 g/mol. The van der Waals surface area contributed by atoms with Gasteiger partial charge >= 0.3 is 5.69 Å². The summed E-state index contributed by atoms with van der Waals surface area (Å²) in [6.45, 7) is 4.78. The Kier molecular flexibility index (Phi) is 4.65. The van der Waals surface area contributed by atoms with E-state index in [1.54, 1.807) is 0 Å². The van der Waals surface area contributed by atoms with Crippen LogP contribution in [0.15, 0.2) is 12.1 Å². The lowest BCUT2D eigenvalue weighted by atomic mass is 10.3. The van der Waals surface area contributed by atoms with Crippen LogP contribution in [0.5, 0.6) is 0 Å². The van der Waals surface area contributed by atoms with Crippen molar-refractivity contribution in [3.63, 3.8) is 0 Å².